The smallest absolute Gasteiger partial charge is 0.126 e. The third kappa shape index (κ3) is 4.75. The van der Waals surface area contributed by atoms with Gasteiger partial charge in [-0.25, -0.2) is 0 Å². The van der Waals surface area contributed by atoms with E-state index in [1.165, 1.54) is 51.0 Å². The van der Waals surface area contributed by atoms with Crippen LogP contribution in [-0.4, -0.2) is 37.6 Å². The van der Waals surface area contributed by atoms with Crippen LogP contribution in [0.2, 0.25) is 0 Å². The summed E-state index contributed by atoms with van der Waals surface area (Å²) in [5.74, 6) is 0.966. The van der Waals surface area contributed by atoms with E-state index in [2.05, 4.69) is 23.2 Å². The Kier molecular flexibility index (Phi) is 7.28. The summed E-state index contributed by atoms with van der Waals surface area (Å²) in [4.78, 5) is 2.61. The first-order chi connectivity index (χ1) is 9.26. The van der Waals surface area contributed by atoms with Crippen molar-refractivity contribution in [1.29, 1.82) is 0 Å². The summed E-state index contributed by atoms with van der Waals surface area (Å²) in [5, 5.41) is 3.48. The van der Waals surface area contributed by atoms with Gasteiger partial charge in [-0.3, -0.25) is 4.90 Å². The molecule has 1 aromatic rings. The van der Waals surface area contributed by atoms with Crippen molar-refractivity contribution in [2.45, 2.75) is 26.2 Å². The molecule has 3 rings (SSSR count). The van der Waals surface area contributed by atoms with Gasteiger partial charge >= 0.3 is 0 Å². The summed E-state index contributed by atoms with van der Waals surface area (Å²) in [7, 11) is 0. The third-order valence-electron chi connectivity index (χ3n) is 4.59. The molecule has 0 saturated carbocycles. The molecule has 0 aromatic carbocycles. The van der Waals surface area contributed by atoms with E-state index in [9.17, 15) is 0 Å². The Morgan fingerprint density at radius 3 is 2.76 bits per heavy atom. The zero-order valence-electron chi connectivity index (χ0n) is 12.6. The number of nitrogens with zero attached hydrogens (tertiary/aromatic N) is 1. The van der Waals surface area contributed by atoms with Crippen molar-refractivity contribution in [2.75, 3.05) is 32.7 Å². The topological polar surface area (TPSA) is 28.4 Å². The first-order valence-corrected chi connectivity index (χ1v) is 7.40. The van der Waals surface area contributed by atoms with Crippen molar-refractivity contribution in [1.82, 2.24) is 10.2 Å². The van der Waals surface area contributed by atoms with Crippen LogP contribution < -0.4 is 5.32 Å². The number of nitrogens with one attached hydrogen (secondary N) is 1. The monoisotopic (exact) mass is 332 g/mol. The van der Waals surface area contributed by atoms with Crippen molar-refractivity contribution < 1.29 is 4.42 Å². The average molecular weight is 333 g/mol. The first-order valence-electron chi connectivity index (χ1n) is 7.40. The van der Waals surface area contributed by atoms with Crippen LogP contribution in [0.5, 0.6) is 0 Å². The molecule has 1 aromatic heterocycles. The zero-order valence-corrected chi connectivity index (χ0v) is 14.3. The molecule has 0 atom stereocenters. The fraction of sp³-hybridized carbons (Fsp3) is 0.625. The average Bonchev–Trinajstić information content (AvgIpc) is 3.02. The van der Waals surface area contributed by atoms with Crippen LogP contribution in [-0.2, 0) is 0 Å². The van der Waals surface area contributed by atoms with E-state index >= 15 is 0 Å². The molecule has 5 heteroatoms. The summed E-state index contributed by atoms with van der Waals surface area (Å²) in [6.45, 7) is 8.22. The minimum absolute atomic E-state index is 0. The highest BCUT2D eigenvalue weighted by Gasteiger charge is 2.38. The number of hydrogen-bond donors (Lipinski definition) is 1. The first kappa shape index (κ1) is 18.6. The molecule has 0 radical (unpaired) electrons. The summed E-state index contributed by atoms with van der Waals surface area (Å²) in [6.07, 6.45) is 7.98. The predicted octanol–water partition coefficient (Wildman–Crippen LogP) is 3.60. The molecule has 1 N–H and O–H groups in total. The van der Waals surface area contributed by atoms with Crippen molar-refractivity contribution in [2.24, 2.45) is 5.41 Å². The number of piperidine rings is 1. The van der Waals surface area contributed by atoms with Crippen molar-refractivity contribution in [3.63, 3.8) is 0 Å². The molecule has 2 aliphatic heterocycles. The van der Waals surface area contributed by atoms with Crippen LogP contribution in [0.25, 0.3) is 6.08 Å². The van der Waals surface area contributed by atoms with E-state index in [1.807, 2.05) is 12.1 Å². The Bertz CT molecular complexity index is 439. The highest BCUT2D eigenvalue weighted by Crippen LogP contribution is 2.38. The second kappa shape index (κ2) is 8.23. The van der Waals surface area contributed by atoms with Gasteiger partial charge in [-0.05, 0) is 69.4 Å². The van der Waals surface area contributed by atoms with E-state index in [4.69, 9.17) is 4.42 Å². The van der Waals surface area contributed by atoms with Gasteiger partial charge < -0.3 is 9.73 Å². The largest absolute Gasteiger partial charge is 0.465 e. The van der Waals surface area contributed by atoms with Crippen LogP contribution >= 0.6 is 24.8 Å². The number of furan rings is 1. The van der Waals surface area contributed by atoms with Crippen LogP contribution in [0.1, 0.15) is 31.9 Å². The van der Waals surface area contributed by atoms with Gasteiger partial charge in [0.05, 0.1) is 6.26 Å². The Balaban J connectivity index is 0.00000110. The van der Waals surface area contributed by atoms with E-state index in [0.717, 1.165) is 12.3 Å². The second-order valence-electron chi connectivity index (χ2n) is 6.22. The number of likely N-dealkylation sites (tertiary alicyclic amines) is 1. The van der Waals surface area contributed by atoms with Gasteiger partial charge in [0.15, 0.2) is 0 Å². The number of halogens is 2. The Morgan fingerprint density at radius 1 is 1.33 bits per heavy atom. The van der Waals surface area contributed by atoms with Gasteiger partial charge in [0.1, 0.15) is 5.76 Å². The van der Waals surface area contributed by atoms with Crippen molar-refractivity contribution >= 4 is 30.9 Å². The number of rotatable bonds is 3. The predicted molar refractivity (Wildman–Crippen MR) is 92.4 cm³/mol. The molecule has 2 saturated heterocycles. The molecule has 0 aliphatic carbocycles. The summed E-state index contributed by atoms with van der Waals surface area (Å²) < 4.78 is 5.38. The van der Waals surface area contributed by atoms with Crippen LogP contribution in [0, 0.1) is 5.41 Å². The lowest BCUT2D eigenvalue weighted by Crippen LogP contribution is -2.38. The van der Waals surface area contributed by atoms with Crippen LogP contribution in [0.3, 0.4) is 0 Å². The molecule has 2 aliphatic rings. The quantitative estimate of drug-likeness (QED) is 0.916. The molecule has 0 amide bonds. The van der Waals surface area contributed by atoms with Crippen LogP contribution in [0.4, 0.5) is 0 Å². The fourth-order valence-corrected chi connectivity index (χ4v) is 3.54. The normalized spacial score (nSPS) is 21.9. The third-order valence-corrected chi connectivity index (χ3v) is 4.59. The highest BCUT2D eigenvalue weighted by atomic mass is 35.5. The van der Waals surface area contributed by atoms with E-state index in [-0.39, 0.29) is 24.8 Å². The molecular weight excluding hydrogens is 307 g/mol. The number of hydrogen-bond acceptors (Lipinski definition) is 3. The van der Waals surface area contributed by atoms with Crippen LogP contribution in [0.15, 0.2) is 28.4 Å². The van der Waals surface area contributed by atoms with Gasteiger partial charge in [0, 0.05) is 13.1 Å². The van der Waals surface area contributed by atoms with Gasteiger partial charge in [-0.15, -0.1) is 24.8 Å². The lowest BCUT2D eigenvalue weighted by molar-refractivity contribution is 0.201. The molecule has 21 heavy (non-hydrogen) atoms. The molecule has 120 valence electrons. The molecule has 2 fully saturated rings. The van der Waals surface area contributed by atoms with Crippen molar-refractivity contribution in [3.05, 3.63) is 29.7 Å². The molecular formula is C16H26Cl2N2O. The summed E-state index contributed by atoms with van der Waals surface area (Å²) >= 11 is 0. The van der Waals surface area contributed by atoms with E-state index in [0.29, 0.717) is 5.41 Å². The molecule has 0 bridgehead atoms. The van der Waals surface area contributed by atoms with Gasteiger partial charge in [0.2, 0.25) is 0 Å². The molecule has 3 heterocycles. The Hall–Kier alpha value is -0.480. The lowest BCUT2D eigenvalue weighted by Gasteiger charge is -2.34. The maximum Gasteiger partial charge on any atom is 0.126 e. The van der Waals surface area contributed by atoms with Gasteiger partial charge in [0.25, 0.3) is 0 Å². The second-order valence-corrected chi connectivity index (χ2v) is 6.22. The highest BCUT2D eigenvalue weighted by molar-refractivity contribution is 5.85. The lowest BCUT2D eigenvalue weighted by atomic mass is 9.78. The van der Waals surface area contributed by atoms with Crippen molar-refractivity contribution in [3.8, 4) is 0 Å². The maximum absolute atomic E-state index is 5.38. The van der Waals surface area contributed by atoms with E-state index in [1.54, 1.807) is 6.26 Å². The van der Waals surface area contributed by atoms with E-state index < -0.39 is 0 Å². The minimum atomic E-state index is 0. The molecule has 1 spiro atoms. The molecule has 3 nitrogen and oxygen atoms in total. The Labute approximate surface area is 140 Å². The SMILES string of the molecule is C/C(=C\c1ccco1)CN1CCC2(CCNCC2)C1.Cl.Cl. The molecule has 0 unspecified atom stereocenters. The van der Waals surface area contributed by atoms with Gasteiger partial charge in [-0.2, -0.15) is 0 Å². The zero-order chi connectivity index (χ0) is 13.1. The summed E-state index contributed by atoms with van der Waals surface area (Å²) in [6, 6.07) is 3.96. The fourth-order valence-electron chi connectivity index (χ4n) is 3.54. The minimum Gasteiger partial charge on any atom is -0.465 e. The standard InChI is InChI=1S/C16H24N2O.2ClH/c1-14(11-15-3-2-10-19-15)12-18-9-6-16(13-18)4-7-17-8-5-16;;/h2-3,10-11,17H,4-9,12-13H2,1H3;2*1H/b14-11+;;. The summed E-state index contributed by atoms with van der Waals surface area (Å²) in [5.41, 5.74) is 2.00. The van der Waals surface area contributed by atoms with Gasteiger partial charge in [-0.1, -0.05) is 5.57 Å². The maximum atomic E-state index is 5.38. The Morgan fingerprint density at radius 2 is 2.10 bits per heavy atom.